The number of carbonyl (C=O) groups excluding carboxylic acids is 2. The smallest absolute Gasteiger partial charge is 0.271 e. The van der Waals surface area contributed by atoms with Gasteiger partial charge in [-0.05, 0) is 94.3 Å². The summed E-state index contributed by atoms with van der Waals surface area (Å²) in [5.41, 5.74) is 6.50. The van der Waals surface area contributed by atoms with Gasteiger partial charge >= 0.3 is 0 Å². The monoisotopic (exact) mass is 707 g/mol. The molecule has 9 nitrogen and oxygen atoms in total. The zero-order valence-electron chi connectivity index (χ0n) is 23.5. The third-order valence-electron chi connectivity index (χ3n) is 6.15. The lowest BCUT2D eigenvalue weighted by Crippen LogP contribution is -2.20. The van der Waals surface area contributed by atoms with E-state index in [-0.39, 0.29) is 12.5 Å². The molecule has 1 aromatic heterocycles. The van der Waals surface area contributed by atoms with E-state index in [2.05, 4.69) is 42.1 Å². The molecule has 13 heteroatoms. The van der Waals surface area contributed by atoms with Gasteiger partial charge in [-0.2, -0.15) is 5.10 Å². The van der Waals surface area contributed by atoms with Crippen LogP contribution in [0.4, 0.5) is 20.9 Å². The summed E-state index contributed by atoms with van der Waals surface area (Å²) < 4.78 is 24.7. The Morgan fingerprint density at radius 2 is 1.73 bits per heavy atom. The Labute approximate surface area is 275 Å². The van der Waals surface area contributed by atoms with Crippen LogP contribution in [0.2, 0.25) is 5.02 Å². The Hall–Kier alpha value is -4.78. The number of carbonyl (C=O) groups is 2. The number of hydrogen-bond donors (Lipinski definition) is 3. The minimum absolute atomic E-state index is 0.307. The van der Waals surface area contributed by atoms with Gasteiger partial charge in [0.15, 0.2) is 23.2 Å². The van der Waals surface area contributed by atoms with Crippen LogP contribution in [0, 0.1) is 5.82 Å². The number of hydrazone groups is 1. The topological polar surface area (TPSA) is 114 Å². The number of nitrogens with zero attached hydrogens (tertiary/aromatic N) is 2. The Bertz CT molecular complexity index is 1830. The standard InChI is InChI=1S/C32H24BrClFN5O4S/c1-43-28-15-19(14-26(33)30(28)44-17-29(41)37-24-12-8-23(35)9-13-24)16-36-40-31(42)21-4-2-20(3-5-21)27-18-45-32(39-27)38-25-10-6-22(34)7-11-25/h2-16,18H,17H2,1H3,(H,37,41)(H,38,39)(H,40,42)/b36-16-. The lowest BCUT2D eigenvalue weighted by Gasteiger charge is -2.13. The first kappa shape index (κ1) is 31.6. The van der Waals surface area contributed by atoms with Gasteiger partial charge in [0.25, 0.3) is 11.8 Å². The zero-order valence-corrected chi connectivity index (χ0v) is 26.7. The highest BCUT2D eigenvalue weighted by Gasteiger charge is 2.14. The number of hydrogen-bond acceptors (Lipinski definition) is 8. The SMILES string of the molecule is COc1cc(/C=N\NC(=O)c2ccc(-c3csc(Nc4ccc(Cl)cc4)n3)cc2)cc(Br)c1OCC(=O)Nc1ccc(F)cc1. The highest BCUT2D eigenvalue weighted by molar-refractivity contribution is 9.10. The number of nitrogens with one attached hydrogen (secondary N) is 3. The zero-order chi connectivity index (χ0) is 31.8. The number of benzene rings is 4. The van der Waals surface area contributed by atoms with E-state index in [0.717, 1.165) is 22.1 Å². The van der Waals surface area contributed by atoms with E-state index in [1.807, 2.05) is 29.6 Å². The molecular formula is C32H24BrClFN5O4S. The number of anilines is 3. The number of methoxy groups -OCH3 is 1. The summed E-state index contributed by atoms with van der Waals surface area (Å²) in [6.07, 6.45) is 1.45. The van der Waals surface area contributed by atoms with Crippen LogP contribution in [0.25, 0.3) is 11.3 Å². The first-order chi connectivity index (χ1) is 21.8. The van der Waals surface area contributed by atoms with Crippen LogP contribution in [-0.4, -0.2) is 36.7 Å². The summed E-state index contributed by atoms with van der Waals surface area (Å²) in [7, 11) is 1.46. The van der Waals surface area contributed by atoms with Crippen molar-refractivity contribution >= 4 is 73.4 Å². The molecule has 0 atom stereocenters. The van der Waals surface area contributed by atoms with Gasteiger partial charge < -0.3 is 20.1 Å². The second kappa shape index (κ2) is 14.8. The Balaban J connectivity index is 1.15. The molecule has 0 radical (unpaired) electrons. The predicted molar refractivity (Wildman–Crippen MR) is 179 cm³/mol. The molecule has 0 fully saturated rings. The van der Waals surface area contributed by atoms with Gasteiger partial charge in [-0.25, -0.2) is 14.8 Å². The van der Waals surface area contributed by atoms with Crippen LogP contribution in [-0.2, 0) is 4.79 Å². The molecule has 0 unspecified atom stereocenters. The second-order valence-corrected chi connectivity index (χ2v) is 11.5. The van der Waals surface area contributed by atoms with Crippen LogP contribution in [0.3, 0.4) is 0 Å². The van der Waals surface area contributed by atoms with Crippen LogP contribution in [0.5, 0.6) is 11.5 Å². The van der Waals surface area contributed by atoms with Crippen molar-refractivity contribution in [3.05, 3.63) is 117 Å². The minimum Gasteiger partial charge on any atom is -0.493 e. The van der Waals surface area contributed by atoms with Gasteiger partial charge in [-0.15, -0.1) is 11.3 Å². The molecule has 0 aliphatic carbocycles. The van der Waals surface area contributed by atoms with E-state index in [4.69, 9.17) is 21.1 Å². The molecule has 3 N–H and O–H groups in total. The number of ether oxygens (including phenoxy) is 2. The van der Waals surface area contributed by atoms with Crippen molar-refractivity contribution in [1.29, 1.82) is 0 Å². The highest BCUT2D eigenvalue weighted by atomic mass is 79.9. The Kier molecular flexibility index (Phi) is 10.4. The summed E-state index contributed by atoms with van der Waals surface area (Å²) in [5.74, 6) is -0.572. The molecule has 1 heterocycles. The average molecular weight is 709 g/mol. The molecule has 0 saturated heterocycles. The molecule has 228 valence electrons. The van der Waals surface area contributed by atoms with Crippen molar-refractivity contribution < 1.29 is 23.5 Å². The van der Waals surface area contributed by atoms with Crippen LogP contribution >= 0.6 is 38.9 Å². The maximum atomic E-state index is 13.1. The number of amides is 2. The fourth-order valence-corrected chi connectivity index (χ4v) is 5.41. The predicted octanol–water partition coefficient (Wildman–Crippen LogP) is 7.90. The van der Waals surface area contributed by atoms with E-state index < -0.39 is 11.7 Å². The summed E-state index contributed by atoms with van der Waals surface area (Å²) in [4.78, 5) is 29.6. The molecule has 2 amide bonds. The number of halogens is 3. The van der Waals surface area contributed by atoms with Crippen molar-refractivity contribution in [3.63, 3.8) is 0 Å². The first-order valence-corrected chi connectivity index (χ1v) is 15.3. The molecule has 0 bridgehead atoms. The maximum Gasteiger partial charge on any atom is 0.271 e. The highest BCUT2D eigenvalue weighted by Crippen LogP contribution is 2.36. The quantitative estimate of drug-likeness (QED) is 0.0950. The molecule has 0 spiro atoms. The molecule has 5 rings (SSSR count). The lowest BCUT2D eigenvalue weighted by atomic mass is 10.1. The van der Waals surface area contributed by atoms with E-state index in [9.17, 15) is 14.0 Å². The molecular weight excluding hydrogens is 685 g/mol. The Morgan fingerprint density at radius 1 is 1.02 bits per heavy atom. The number of thiazole rings is 1. The van der Waals surface area contributed by atoms with Gasteiger partial charge in [-0.1, -0.05) is 23.7 Å². The third-order valence-corrected chi connectivity index (χ3v) is 7.75. The Morgan fingerprint density at radius 3 is 2.44 bits per heavy atom. The fraction of sp³-hybridized carbons (Fsp3) is 0.0625. The summed E-state index contributed by atoms with van der Waals surface area (Å²) in [6, 6.07) is 23.1. The summed E-state index contributed by atoms with van der Waals surface area (Å²) >= 11 is 10.8. The van der Waals surface area contributed by atoms with Gasteiger partial charge in [0.2, 0.25) is 0 Å². The third kappa shape index (κ3) is 8.66. The lowest BCUT2D eigenvalue weighted by molar-refractivity contribution is -0.118. The molecule has 4 aromatic carbocycles. The van der Waals surface area contributed by atoms with Gasteiger partial charge in [0.1, 0.15) is 5.82 Å². The van der Waals surface area contributed by atoms with E-state index >= 15 is 0 Å². The first-order valence-electron chi connectivity index (χ1n) is 13.2. The average Bonchev–Trinajstić information content (AvgIpc) is 3.51. The van der Waals surface area contributed by atoms with Gasteiger partial charge in [0, 0.05) is 32.9 Å². The summed E-state index contributed by atoms with van der Waals surface area (Å²) in [5, 5.41) is 13.3. The fourth-order valence-electron chi connectivity index (χ4n) is 3.97. The molecule has 0 saturated carbocycles. The van der Waals surface area contributed by atoms with Crippen molar-refractivity contribution in [3.8, 4) is 22.8 Å². The van der Waals surface area contributed by atoms with E-state index in [1.165, 1.54) is 48.9 Å². The van der Waals surface area contributed by atoms with Gasteiger partial charge in [-0.3, -0.25) is 9.59 Å². The number of aromatic nitrogens is 1. The molecule has 0 aliphatic heterocycles. The normalized spacial score (nSPS) is 10.8. The van der Waals surface area contributed by atoms with E-state index in [1.54, 1.807) is 36.4 Å². The van der Waals surface area contributed by atoms with Crippen molar-refractivity contribution in [2.24, 2.45) is 5.10 Å². The largest absolute Gasteiger partial charge is 0.493 e. The maximum absolute atomic E-state index is 13.1. The minimum atomic E-state index is -0.431. The number of rotatable bonds is 11. The molecule has 0 aliphatic rings. The van der Waals surface area contributed by atoms with Crippen molar-refractivity contribution in [2.75, 3.05) is 24.4 Å². The van der Waals surface area contributed by atoms with Crippen LogP contribution < -0.4 is 25.5 Å². The van der Waals surface area contributed by atoms with Crippen LogP contribution in [0.1, 0.15) is 15.9 Å². The second-order valence-electron chi connectivity index (χ2n) is 9.32. The molecule has 45 heavy (non-hydrogen) atoms. The van der Waals surface area contributed by atoms with Gasteiger partial charge in [0.05, 0.1) is 23.5 Å². The van der Waals surface area contributed by atoms with Crippen molar-refractivity contribution in [2.45, 2.75) is 0 Å². The van der Waals surface area contributed by atoms with Crippen LogP contribution in [0.15, 0.2) is 99.9 Å². The summed E-state index contributed by atoms with van der Waals surface area (Å²) in [6.45, 7) is -0.307. The van der Waals surface area contributed by atoms with Crippen molar-refractivity contribution in [1.82, 2.24) is 10.4 Å². The molecule has 5 aromatic rings. The van der Waals surface area contributed by atoms with E-state index in [0.29, 0.717) is 37.8 Å².